The third-order valence-electron chi connectivity index (χ3n) is 4.00. The largest absolute Gasteiger partial charge is 0.497 e. The highest BCUT2D eigenvalue weighted by atomic mass is 16.5. The first-order chi connectivity index (χ1) is 13.5. The molecular weight excluding hydrogens is 358 g/mol. The van der Waals surface area contributed by atoms with Gasteiger partial charge in [0.25, 0.3) is 5.91 Å². The molecule has 0 aliphatic carbocycles. The number of nitrogens with zero attached hydrogens (tertiary/aromatic N) is 3. The number of rotatable bonds is 7. The van der Waals surface area contributed by atoms with E-state index >= 15 is 0 Å². The van der Waals surface area contributed by atoms with Gasteiger partial charge in [-0.15, -0.1) is 0 Å². The van der Waals surface area contributed by atoms with Gasteiger partial charge in [0.1, 0.15) is 18.0 Å². The maximum Gasteiger partial charge on any atom is 0.257 e. The summed E-state index contributed by atoms with van der Waals surface area (Å²) < 4.78 is 16.3. The first-order valence-electron chi connectivity index (χ1n) is 8.96. The number of carbonyl (C=O) groups is 1. The number of ether oxygens (including phenoxy) is 2. The molecule has 7 nitrogen and oxygen atoms in total. The van der Waals surface area contributed by atoms with Gasteiger partial charge < -0.3 is 18.9 Å². The van der Waals surface area contributed by atoms with E-state index < -0.39 is 0 Å². The van der Waals surface area contributed by atoms with Gasteiger partial charge in [-0.1, -0.05) is 29.4 Å². The monoisotopic (exact) mass is 381 g/mol. The number of amides is 1. The smallest absolute Gasteiger partial charge is 0.257 e. The maximum atomic E-state index is 12.9. The SMILES string of the molecule is COc1cccc(-c2noc(CN(C)C(=O)c3ccccc3OC(C)C)n2)c1. The second kappa shape index (κ2) is 8.56. The highest BCUT2D eigenvalue weighted by Gasteiger charge is 2.20. The Morgan fingerprint density at radius 2 is 1.96 bits per heavy atom. The molecule has 0 radical (unpaired) electrons. The minimum absolute atomic E-state index is 0.0272. The Morgan fingerprint density at radius 3 is 2.71 bits per heavy atom. The lowest BCUT2D eigenvalue weighted by Gasteiger charge is -2.18. The van der Waals surface area contributed by atoms with Gasteiger partial charge in [-0.3, -0.25) is 4.79 Å². The molecule has 1 amide bonds. The predicted octanol–water partition coefficient (Wildman–Crippen LogP) is 3.80. The zero-order chi connectivity index (χ0) is 20.1. The Morgan fingerprint density at radius 1 is 1.18 bits per heavy atom. The number of carbonyl (C=O) groups excluding carboxylic acids is 1. The van der Waals surface area contributed by atoms with Gasteiger partial charge >= 0.3 is 0 Å². The molecule has 0 unspecified atom stereocenters. The predicted molar refractivity (Wildman–Crippen MR) is 104 cm³/mol. The van der Waals surface area contributed by atoms with E-state index in [2.05, 4.69) is 10.1 Å². The minimum Gasteiger partial charge on any atom is -0.497 e. The Labute approximate surface area is 163 Å². The number of aromatic nitrogens is 2. The molecule has 0 aliphatic rings. The molecular formula is C21H23N3O4. The van der Waals surface area contributed by atoms with Crippen LogP contribution in [0.1, 0.15) is 30.1 Å². The van der Waals surface area contributed by atoms with Crippen molar-refractivity contribution in [2.75, 3.05) is 14.2 Å². The van der Waals surface area contributed by atoms with E-state index in [1.54, 1.807) is 26.3 Å². The first kappa shape index (κ1) is 19.4. The zero-order valence-electron chi connectivity index (χ0n) is 16.4. The summed E-state index contributed by atoms with van der Waals surface area (Å²) in [5, 5.41) is 4.00. The van der Waals surface area contributed by atoms with Crippen LogP contribution in [0.5, 0.6) is 11.5 Å². The van der Waals surface area contributed by atoms with Crippen molar-refractivity contribution in [3.63, 3.8) is 0 Å². The van der Waals surface area contributed by atoms with Crippen LogP contribution in [-0.4, -0.2) is 41.2 Å². The van der Waals surface area contributed by atoms with Gasteiger partial charge in [-0.05, 0) is 38.1 Å². The number of benzene rings is 2. The Hall–Kier alpha value is -3.35. The fourth-order valence-electron chi connectivity index (χ4n) is 2.68. The molecule has 0 saturated carbocycles. The third-order valence-corrected chi connectivity index (χ3v) is 4.00. The lowest BCUT2D eigenvalue weighted by molar-refractivity contribution is 0.0763. The summed E-state index contributed by atoms with van der Waals surface area (Å²) in [5.74, 6) is 1.86. The Balaban J connectivity index is 1.74. The Kier molecular flexibility index (Phi) is 5.93. The number of methoxy groups -OCH3 is 1. The topological polar surface area (TPSA) is 77.7 Å². The van der Waals surface area contributed by atoms with E-state index in [-0.39, 0.29) is 18.6 Å². The lowest BCUT2D eigenvalue weighted by atomic mass is 10.1. The van der Waals surface area contributed by atoms with Crippen LogP contribution in [0.4, 0.5) is 0 Å². The van der Waals surface area contributed by atoms with Crippen molar-refractivity contribution >= 4 is 5.91 Å². The molecule has 0 bridgehead atoms. The van der Waals surface area contributed by atoms with Crippen LogP contribution in [-0.2, 0) is 6.54 Å². The molecule has 3 rings (SSSR count). The van der Waals surface area contributed by atoms with Crippen molar-refractivity contribution in [3.05, 3.63) is 60.0 Å². The molecule has 0 fully saturated rings. The molecule has 0 atom stereocenters. The molecule has 3 aromatic rings. The van der Waals surface area contributed by atoms with Gasteiger partial charge in [-0.25, -0.2) is 0 Å². The average Bonchev–Trinajstić information content (AvgIpc) is 3.16. The molecule has 0 spiro atoms. The van der Waals surface area contributed by atoms with Gasteiger partial charge in [0.15, 0.2) is 0 Å². The van der Waals surface area contributed by atoms with Crippen molar-refractivity contribution in [3.8, 4) is 22.9 Å². The fourth-order valence-corrected chi connectivity index (χ4v) is 2.68. The van der Waals surface area contributed by atoms with E-state index in [0.717, 1.165) is 5.56 Å². The van der Waals surface area contributed by atoms with Crippen molar-refractivity contribution in [2.45, 2.75) is 26.5 Å². The van der Waals surface area contributed by atoms with Crippen molar-refractivity contribution in [1.29, 1.82) is 0 Å². The molecule has 146 valence electrons. The fraction of sp³-hybridized carbons (Fsp3) is 0.286. The summed E-state index contributed by atoms with van der Waals surface area (Å²) in [5.41, 5.74) is 1.27. The maximum absolute atomic E-state index is 12.9. The number of hydrogen-bond donors (Lipinski definition) is 0. The number of para-hydroxylation sites is 1. The van der Waals surface area contributed by atoms with E-state index in [9.17, 15) is 4.79 Å². The third kappa shape index (κ3) is 4.49. The summed E-state index contributed by atoms with van der Waals surface area (Å²) in [6.07, 6.45) is -0.0272. The summed E-state index contributed by atoms with van der Waals surface area (Å²) in [6, 6.07) is 14.6. The second-order valence-electron chi connectivity index (χ2n) is 6.57. The van der Waals surface area contributed by atoms with Gasteiger partial charge in [0.2, 0.25) is 11.7 Å². The van der Waals surface area contributed by atoms with Crippen LogP contribution in [0, 0.1) is 0 Å². The van der Waals surface area contributed by atoms with Crippen molar-refractivity contribution < 1.29 is 18.8 Å². The van der Waals surface area contributed by atoms with Gasteiger partial charge in [0, 0.05) is 12.6 Å². The molecule has 1 aromatic heterocycles. The van der Waals surface area contributed by atoms with Crippen LogP contribution < -0.4 is 9.47 Å². The second-order valence-corrected chi connectivity index (χ2v) is 6.57. The summed E-state index contributed by atoms with van der Waals surface area (Å²) in [6.45, 7) is 4.03. The van der Waals surface area contributed by atoms with Crippen LogP contribution in [0.2, 0.25) is 0 Å². The molecule has 0 saturated heterocycles. The highest BCUT2D eigenvalue weighted by Crippen LogP contribution is 2.23. The first-order valence-corrected chi connectivity index (χ1v) is 8.96. The zero-order valence-corrected chi connectivity index (χ0v) is 16.4. The van der Waals surface area contributed by atoms with E-state index in [1.807, 2.05) is 50.2 Å². The quantitative estimate of drug-likeness (QED) is 0.619. The van der Waals surface area contributed by atoms with Crippen LogP contribution in [0.25, 0.3) is 11.4 Å². The van der Waals surface area contributed by atoms with E-state index in [0.29, 0.717) is 28.8 Å². The summed E-state index contributed by atoms with van der Waals surface area (Å²) >= 11 is 0. The van der Waals surface area contributed by atoms with Crippen LogP contribution in [0.15, 0.2) is 53.1 Å². The molecule has 1 heterocycles. The van der Waals surface area contributed by atoms with E-state index in [4.69, 9.17) is 14.0 Å². The van der Waals surface area contributed by atoms with Gasteiger partial charge in [0.05, 0.1) is 18.8 Å². The Bertz CT molecular complexity index is 952. The molecule has 7 heteroatoms. The van der Waals surface area contributed by atoms with Gasteiger partial charge in [-0.2, -0.15) is 4.98 Å². The van der Waals surface area contributed by atoms with Crippen LogP contribution in [0.3, 0.4) is 0 Å². The van der Waals surface area contributed by atoms with Crippen LogP contribution >= 0.6 is 0 Å². The normalized spacial score (nSPS) is 10.8. The molecule has 2 aromatic carbocycles. The molecule has 0 N–H and O–H groups in total. The molecule has 0 aliphatic heterocycles. The lowest BCUT2D eigenvalue weighted by Crippen LogP contribution is -2.27. The van der Waals surface area contributed by atoms with Crippen molar-refractivity contribution in [2.24, 2.45) is 0 Å². The highest BCUT2D eigenvalue weighted by molar-refractivity contribution is 5.96. The number of hydrogen-bond acceptors (Lipinski definition) is 6. The molecule has 28 heavy (non-hydrogen) atoms. The average molecular weight is 381 g/mol. The summed E-state index contributed by atoms with van der Waals surface area (Å²) in [4.78, 5) is 18.8. The summed E-state index contributed by atoms with van der Waals surface area (Å²) in [7, 11) is 3.28. The van der Waals surface area contributed by atoms with E-state index in [1.165, 1.54) is 4.90 Å². The minimum atomic E-state index is -0.183. The van der Waals surface area contributed by atoms with Crippen molar-refractivity contribution in [1.82, 2.24) is 15.0 Å². The standard InChI is InChI=1S/C21H23N3O4/c1-14(2)27-18-11-6-5-10-17(18)21(25)24(3)13-19-22-20(23-28-19)15-8-7-9-16(12-15)26-4/h5-12,14H,13H2,1-4H3.